The zero-order chi connectivity index (χ0) is 53.4. The fraction of sp³-hybridized carbons (Fsp3) is 0.216. The molecule has 0 amide bonds. The van der Waals surface area contributed by atoms with Crippen LogP contribution < -0.4 is 0 Å². The summed E-state index contributed by atoms with van der Waals surface area (Å²) in [7, 11) is 0. The van der Waals surface area contributed by atoms with Crippen LogP contribution in [-0.4, -0.2) is 0 Å². The van der Waals surface area contributed by atoms with Crippen molar-refractivity contribution in [2.75, 3.05) is 0 Å². The van der Waals surface area contributed by atoms with Crippen molar-refractivity contribution in [2.45, 2.75) is 105 Å². The molecule has 0 saturated heterocycles. The molecule has 1 heteroatoms. The van der Waals surface area contributed by atoms with E-state index >= 15 is 0 Å². The molecule has 0 aliphatic carbocycles. The molecule has 372 valence electrons. The largest absolute Gasteiger partial charge is 0.153 e. The summed E-state index contributed by atoms with van der Waals surface area (Å²) in [6.07, 6.45) is 0. The number of hydrogen-bond donors (Lipinski definition) is 0. The first-order valence-electron chi connectivity index (χ1n) is 27.9. The van der Waals surface area contributed by atoms with Crippen molar-refractivity contribution in [3.05, 3.63) is 204 Å². The maximum Gasteiger partial charge on any atom is 0 e. The van der Waals surface area contributed by atoms with E-state index in [0.717, 1.165) is 0 Å². The van der Waals surface area contributed by atoms with Gasteiger partial charge in [-0.2, -0.15) is 9.90 Å². The van der Waals surface area contributed by atoms with Crippen LogP contribution in [-0.2, 0) is 21.7 Å². The number of fused-ring (bicyclic) bond motifs is 3. The van der Waals surface area contributed by atoms with Crippen LogP contribution >= 0.6 is 9.90 Å². The van der Waals surface area contributed by atoms with Crippen LogP contribution in [0.15, 0.2) is 182 Å². The molecule has 0 aromatic heterocycles. The molecule has 75 heavy (non-hydrogen) atoms. The van der Waals surface area contributed by atoms with Gasteiger partial charge in [-0.25, -0.2) is 0 Å². The van der Waals surface area contributed by atoms with Crippen molar-refractivity contribution < 1.29 is 2.97 Å². The van der Waals surface area contributed by atoms with E-state index < -0.39 is 0 Å². The lowest BCUT2D eigenvalue weighted by atomic mass is 9.80. The Morgan fingerprint density at radius 1 is 0.240 bits per heavy atom. The average molecular weight is 995 g/mol. The van der Waals surface area contributed by atoms with E-state index in [-0.39, 0.29) is 31.6 Å². The fourth-order valence-corrected chi connectivity index (χ4v) is 12.5. The minimum absolute atomic E-state index is 0. The first kappa shape index (κ1) is 47.6. The maximum atomic E-state index is 5.00. The molecular weight excluding hydrogens is 920 g/mol. The summed E-state index contributed by atoms with van der Waals surface area (Å²) < 4.78 is 10.0. The number of benzene rings is 13. The fourth-order valence-electron chi connectivity index (χ4n) is 12.5. The van der Waals surface area contributed by atoms with Crippen LogP contribution in [0.5, 0.6) is 0 Å². The lowest BCUT2D eigenvalue weighted by molar-refractivity contribution is 0.590. The SMILES string of the molecule is CC(C)(C)c1ccc(-c2c(-c3ccc(C(C)(C)C)cc3)c3ccc(-c4ccc5ccc6cc(C(C)(C)C)cc7ccc4c5c67)cc3c3cc(-c4ccc5ccc6cc(C(C)(C)C)cc7ccc4c5c67)ccc23)cc1.P.[3H][3H]. The topological polar surface area (TPSA) is 0 Å². The first-order valence-corrected chi connectivity index (χ1v) is 26.9. The molecule has 1 atom stereocenters. The lowest BCUT2D eigenvalue weighted by Crippen LogP contribution is -2.10. The van der Waals surface area contributed by atoms with Gasteiger partial charge in [0.1, 0.15) is 0 Å². The third-order valence-corrected chi connectivity index (χ3v) is 16.7. The second kappa shape index (κ2) is 17.0. The Morgan fingerprint density at radius 2 is 0.520 bits per heavy atom. The van der Waals surface area contributed by atoms with Gasteiger partial charge in [0.05, 0.1) is 0 Å². The third kappa shape index (κ3) is 7.89. The average Bonchev–Trinajstić information content (AvgIpc) is 3.47. The first-order chi connectivity index (χ1) is 36.2. The Hall–Kier alpha value is -7.11. The molecule has 1 unspecified atom stereocenters. The van der Waals surface area contributed by atoms with E-state index in [1.165, 1.54) is 153 Å². The molecule has 13 aromatic rings. The van der Waals surface area contributed by atoms with Crippen molar-refractivity contribution in [3.8, 4) is 44.5 Å². The smallest absolute Gasteiger partial charge is 0 e. The van der Waals surface area contributed by atoms with E-state index in [1.807, 2.05) is 0 Å². The maximum absolute atomic E-state index is 5.00. The molecule has 0 nitrogen and oxygen atoms in total. The molecular formula is C74H71P. The summed E-state index contributed by atoms with van der Waals surface area (Å²) >= 11 is 0. The molecule has 0 aliphatic heterocycles. The number of rotatable bonds is 4. The molecule has 0 N–H and O–H groups in total. The molecule has 0 heterocycles. The van der Waals surface area contributed by atoms with Gasteiger partial charge < -0.3 is 0 Å². The van der Waals surface area contributed by atoms with Gasteiger partial charge in [0.2, 0.25) is 0 Å². The Bertz CT molecular complexity index is 4090. The third-order valence-electron chi connectivity index (χ3n) is 16.7. The minimum atomic E-state index is 0. The van der Waals surface area contributed by atoms with Gasteiger partial charge in [-0.1, -0.05) is 253 Å². The molecule has 13 aromatic carbocycles. The van der Waals surface area contributed by atoms with Gasteiger partial charge in [0, 0.05) is 2.97 Å². The van der Waals surface area contributed by atoms with Gasteiger partial charge in [0.25, 0.3) is 0 Å². The van der Waals surface area contributed by atoms with E-state index in [2.05, 4.69) is 265 Å². The van der Waals surface area contributed by atoms with Crippen LogP contribution in [0.1, 0.15) is 108 Å². The second-order valence-electron chi connectivity index (χ2n) is 25.8. The highest BCUT2D eigenvalue weighted by molar-refractivity contribution is 6.92. The van der Waals surface area contributed by atoms with Crippen molar-refractivity contribution >= 4 is 96.1 Å². The zero-order valence-corrected chi connectivity index (χ0v) is 47.4. The van der Waals surface area contributed by atoms with Crippen LogP contribution in [0.25, 0.3) is 131 Å². The highest BCUT2D eigenvalue weighted by Crippen LogP contribution is 2.50. The summed E-state index contributed by atoms with van der Waals surface area (Å²) in [5.41, 5.74) is 15.6. The highest BCUT2D eigenvalue weighted by atomic mass is 31.0. The normalized spacial score (nSPS) is 13.1. The van der Waals surface area contributed by atoms with Gasteiger partial charge in [-0.15, -0.1) is 0 Å². The van der Waals surface area contributed by atoms with Gasteiger partial charge >= 0.3 is 0 Å². The van der Waals surface area contributed by atoms with E-state index in [1.54, 1.807) is 0 Å². The monoisotopic (exact) mass is 995 g/mol. The van der Waals surface area contributed by atoms with E-state index in [0.29, 0.717) is 0 Å². The summed E-state index contributed by atoms with van der Waals surface area (Å²) in [5, 5.41) is 20.9. The van der Waals surface area contributed by atoms with Crippen LogP contribution in [0, 0.1) is 0 Å². The molecule has 0 saturated carbocycles. The van der Waals surface area contributed by atoms with Gasteiger partial charge in [-0.3, -0.25) is 0 Å². The molecule has 0 spiro atoms. The van der Waals surface area contributed by atoms with Crippen LogP contribution in [0.4, 0.5) is 0 Å². The molecule has 13 rings (SSSR count). The van der Waals surface area contributed by atoms with E-state index in [9.17, 15) is 0 Å². The van der Waals surface area contributed by atoms with E-state index in [4.69, 9.17) is 2.97 Å². The predicted molar refractivity (Wildman–Crippen MR) is 339 cm³/mol. The van der Waals surface area contributed by atoms with Crippen LogP contribution in [0.3, 0.4) is 0 Å². The molecule has 0 bridgehead atoms. The Kier molecular flexibility index (Phi) is 10.8. The van der Waals surface area contributed by atoms with Crippen molar-refractivity contribution in [3.63, 3.8) is 0 Å². The number of hydrogen-bond acceptors (Lipinski definition) is 0. The Morgan fingerprint density at radius 3 is 0.853 bits per heavy atom. The van der Waals surface area contributed by atoms with Gasteiger partial charge in [0.15, 0.2) is 0 Å². The quantitative estimate of drug-likeness (QED) is 0.122. The predicted octanol–water partition coefficient (Wildman–Crippen LogP) is 21.9. The summed E-state index contributed by atoms with van der Waals surface area (Å²) in [6.45, 7) is 27.7. The molecule has 0 fully saturated rings. The van der Waals surface area contributed by atoms with Crippen molar-refractivity contribution in [1.82, 2.24) is 0 Å². The minimum Gasteiger partial charge on any atom is -0.153 e. The zero-order valence-electron chi connectivity index (χ0n) is 48.0. The summed E-state index contributed by atoms with van der Waals surface area (Å²) in [6, 6.07) is 71.5. The van der Waals surface area contributed by atoms with Gasteiger partial charge in [-0.05, 0) is 187 Å². The van der Waals surface area contributed by atoms with Crippen LogP contribution in [0.2, 0.25) is 0 Å². The summed E-state index contributed by atoms with van der Waals surface area (Å²) in [4.78, 5) is 0. The molecule has 0 radical (unpaired) electrons. The lowest BCUT2D eigenvalue weighted by Gasteiger charge is -2.24. The van der Waals surface area contributed by atoms with Crippen molar-refractivity contribution in [2.24, 2.45) is 0 Å². The Labute approximate surface area is 450 Å². The molecule has 0 aliphatic rings. The Balaban J connectivity index is 0.00000208. The standard InChI is InChI=1S/C74H66.H3P.H2/c1-71(2,3)53-27-17-45(18-28-53)69-61-33-23-47(57-31-21-43-13-15-49-37-55(73(7,8)9)39-51-25-35-59(57)67(43)65(49)51)41-63(61)64-42-48(24-34-62(64)70(69)46-19-29-54(30-20-46)72(4,5)6)58-32-22-44-14-16-50-38-56(74(10,11)12)40-52-26-36-60(58)68(44)66(50)52;;/h13-42H,1-12H3;1H3;1H/i;;1+2T. The second-order valence-corrected chi connectivity index (χ2v) is 25.8. The van der Waals surface area contributed by atoms with Crippen molar-refractivity contribution in [1.29, 1.82) is 0 Å². The summed E-state index contributed by atoms with van der Waals surface area (Å²) in [5.74, 6) is 0. The highest BCUT2D eigenvalue weighted by Gasteiger charge is 2.25.